The monoisotopic (exact) mass is 281 g/mol. The number of Topliss-reactive ketones (excluding diaryl/α,β-unsaturated/α-hetero) is 1. The quantitative estimate of drug-likeness (QED) is 0.802. The van der Waals surface area contributed by atoms with E-state index >= 15 is 0 Å². The number of rotatable bonds is 1. The SMILES string of the molecule is O=C1CCCC2=C1C(c1ccccc1)C1=C(COC1=O)N2. The van der Waals surface area contributed by atoms with Crippen molar-refractivity contribution in [1.82, 2.24) is 5.32 Å². The van der Waals surface area contributed by atoms with Gasteiger partial charge in [-0.15, -0.1) is 0 Å². The summed E-state index contributed by atoms with van der Waals surface area (Å²) < 4.78 is 5.18. The zero-order chi connectivity index (χ0) is 14.4. The van der Waals surface area contributed by atoms with Crippen molar-refractivity contribution in [3.05, 3.63) is 58.4 Å². The second-order valence-electron chi connectivity index (χ2n) is 5.61. The molecule has 0 amide bonds. The van der Waals surface area contributed by atoms with Crippen molar-refractivity contribution < 1.29 is 14.3 Å². The molecule has 4 rings (SSSR count). The first-order valence-corrected chi connectivity index (χ1v) is 7.24. The van der Waals surface area contributed by atoms with Crippen LogP contribution in [-0.4, -0.2) is 18.4 Å². The van der Waals surface area contributed by atoms with E-state index in [9.17, 15) is 9.59 Å². The summed E-state index contributed by atoms with van der Waals surface area (Å²) in [5.41, 5.74) is 4.13. The van der Waals surface area contributed by atoms with Crippen LogP contribution < -0.4 is 5.32 Å². The molecule has 2 heterocycles. The van der Waals surface area contributed by atoms with E-state index in [1.165, 1.54) is 0 Å². The fraction of sp³-hybridized carbons (Fsp3) is 0.294. The number of hydrogen-bond acceptors (Lipinski definition) is 4. The molecule has 1 aliphatic carbocycles. The second kappa shape index (κ2) is 4.58. The lowest BCUT2D eigenvalue weighted by Crippen LogP contribution is -2.32. The minimum atomic E-state index is -0.309. The standard InChI is InChI=1S/C17H15NO3/c19-13-8-4-7-11-15(13)14(10-5-2-1-3-6-10)16-12(18-11)9-21-17(16)20/h1-3,5-6,14,18H,4,7-9H2. The van der Waals surface area contributed by atoms with E-state index in [2.05, 4.69) is 5.32 Å². The van der Waals surface area contributed by atoms with Crippen LogP contribution in [-0.2, 0) is 14.3 Å². The summed E-state index contributed by atoms with van der Waals surface area (Å²) in [5, 5.41) is 3.27. The van der Waals surface area contributed by atoms with E-state index in [1.807, 2.05) is 30.3 Å². The first kappa shape index (κ1) is 12.4. The molecule has 1 aromatic rings. The van der Waals surface area contributed by atoms with Crippen LogP contribution in [0.4, 0.5) is 0 Å². The molecule has 3 aliphatic rings. The minimum absolute atomic E-state index is 0.142. The Labute approximate surface area is 122 Å². The number of hydrogen-bond donors (Lipinski definition) is 1. The number of dihydropyridines is 1. The number of benzene rings is 1. The molecule has 0 radical (unpaired) electrons. The maximum atomic E-state index is 12.4. The summed E-state index contributed by atoms with van der Waals surface area (Å²) in [6.07, 6.45) is 2.28. The van der Waals surface area contributed by atoms with Gasteiger partial charge in [0, 0.05) is 23.6 Å². The predicted octanol–water partition coefficient (Wildman–Crippen LogP) is 2.19. The molecule has 0 saturated carbocycles. The average molecular weight is 281 g/mol. The van der Waals surface area contributed by atoms with Crippen molar-refractivity contribution in [2.45, 2.75) is 25.2 Å². The molecule has 1 atom stereocenters. The second-order valence-corrected chi connectivity index (χ2v) is 5.61. The summed E-state index contributed by atoms with van der Waals surface area (Å²) in [5.74, 6) is -0.444. The lowest BCUT2D eigenvalue weighted by Gasteiger charge is -2.31. The Kier molecular flexibility index (Phi) is 2.70. The van der Waals surface area contributed by atoms with Crippen molar-refractivity contribution in [3.63, 3.8) is 0 Å². The van der Waals surface area contributed by atoms with Gasteiger partial charge >= 0.3 is 5.97 Å². The third kappa shape index (κ3) is 1.82. The van der Waals surface area contributed by atoms with Crippen molar-refractivity contribution in [1.29, 1.82) is 0 Å². The predicted molar refractivity (Wildman–Crippen MR) is 76.2 cm³/mol. The number of nitrogens with one attached hydrogen (secondary N) is 1. The number of ether oxygens (including phenoxy) is 1. The molecule has 1 aromatic carbocycles. The smallest absolute Gasteiger partial charge is 0.337 e. The molecule has 1 unspecified atom stereocenters. The molecule has 1 N–H and O–H groups in total. The summed E-state index contributed by atoms with van der Waals surface area (Å²) in [7, 11) is 0. The van der Waals surface area contributed by atoms with Gasteiger partial charge in [0.15, 0.2) is 5.78 Å². The molecule has 21 heavy (non-hydrogen) atoms. The maximum absolute atomic E-state index is 12.4. The van der Waals surface area contributed by atoms with Gasteiger partial charge in [-0.2, -0.15) is 0 Å². The summed E-state index contributed by atoms with van der Waals surface area (Å²) in [4.78, 5) is 24.6. The van der Waals surface area contributed by atoms with Gasteiger partial charge in [-0.05, 0) is 18.4 Å². The molecule has 0 fully saturated rings. The van der Waals surface area contributed by atoms with E-state index in [0.717, 1.165) is 35.4 Å². The lowest BCUT2D eigenvalue weighted by atomic mass is 9.75. The first-order chi connectivity index (χ1) is 10.3. The fourth-order valence-electron chi connectivity index (χ4n) is 3.45. The summed E-state index contributed by atoms with van der Waals surface area (Å²) in [6, 6.07) is 9.75. The molecule has 0 spiro atoms. The third-order valence-corrected chi connectivity index (χ3v) is 4.36. The van der Waals surface area contributed by atoms with Crippen LogP contribution in [0.3, 0.4) is 0 Å². The first-order valence-electron chi connectivity index (χ1n) is 7.24. The van der Waals surface area contributed by atoms with Crippen LogP contribution in [0, 0.1) is 0 Å². The van der Waals surface area contributed by atoms with Gasteiger partial charge in [0.25, 0.3) is 0 Å². The van der Waals surface area contributed by atoms with Gasteiger partial charge in [-0.25, -0.2) is 4.79 Å². The lowest BCUT2D eigenvalue weighted by molar-refractivity contribution is -0.136. The third-order valence-electron chi connectivity index (χ3n) is 4.36. The zero-order valence-corrected chi connectivity index (χ0v) is 11.5. The number of esters is 1. The van der Waals surface area contributed by atoms with E-state index in [1.54, 1.807) is 0 Å². The number of allylic oxidation sites excluding steroid dienone is 2. The van der Waals surface area contributed by atoms with Crippen LogP contribution in [0.5, 0.6) is 0 Å². The number of carbonyl (C=O) groups is 2. The van der Waals surface area contributed by atoms with Crippen LogP contribution in [0.25, 0.3) is 0 Å². The highest BCUT2D eigenvalue weighted by molar-refractivity contribution is 6.04. The Hall–Kier alpha value is -2.36. The molecular formula is C17H15NO3. The van der Waals surface area contributed by atoms with Gasteiger partial charge in [-0.3, -0.25) is 4.79 Å². The van der Waals surface area contributed by atoms with Gasteiger partial charge in [0.2, 0.25) is 0 Å². The highest BCUT2D eigenvalue weighted by Crippen LogP contribution is 2.43. The topological polar surface area (TPSA) is 55.4 Å². The van der Waals surface area contributed by atoms with E-state index < -0.39 is 0 Å². The molecule has 0 bridgehead atoms. The van der Waals surface area contributed by atoms with Gasteiger partial charge in [-0.1, -0.05) is 30.3 Å². The average Bonchev–Trinajstić information content (AvgIpc) is 2.88. The van der Waals surface area contributed by atoms with E-state index in [-0.39, 0.29) is 24.3 Å². The van der Waals surface area contributed by atoms with Crippen LogP contribution in [0.1, 0.15) is 30.7 Å². The summed E-state index contributed by atoms with van der Waals surface area (Å²) in [6.45, 7) is 0.280. The highest BCUT2D eigenvalue weighted by atomic mass is 16.5. The van der Waals surface area contributed by atoms with Crippen LogP contribution >= 0.6 is 0 Å². The highest BCUT2D eigenvalue weighted by Gasteiger charge is 2.42. The Morgan fingerprint density at radius 1 is 1.00 bits per heavy atom. The van der Waals surface area contributed by atoms with Gasteiger partial charge in [0.05, 0.1) is 11.3 Å². The normalized spacial score (nSPS) is 24.5. The van der Waals surface area contributed by atoms with E-state index in [4.69, 9.17) is 4.74 Å². The molecule has 4 nitrogen and oxygen atoms in total. The van der Waals surface area contributed by atoms with Gasteiger partial charge in [0.1, 0.15) is 6.61 Å². The number of ketones is 1. The molecule has 106 valence electrons. The molecule has 4 heteroatoms. The van der Waals surface area contributed by atoms with E-state index in [0.29, 0.717) is 12.0 Å². The van der Waals surface area contributed by atoms with Crippen LogP contribution in [0.15, 0.2) is 52.9 Å². The van der Waals surface area contributed by atoms with Crippen molar-refractivity contribution >= 4 is 11.8 Å². The minimum Gasteiger partial charge on any atom is -0.456 e. The fourth-order valence-corrected chi connectivity index (χ4v) is 3.45. The zero-order valence-electron chi connectivity index (χ0n) is 11.5. The molecule has 2 aliphatic heterocycles. The Balaban J connectivity index is 1.91. The Bertz CT molecular complexity index is 700. The maximum Gasteiger partial charge on any atom is 0.337 e. The largest absolute Gasteiger partial charge is 0.456 e. The Morgan fingerprint density at radius 3 is 2.62 bits per heavy atom. The van der Waals surface area contributed by atoms with Crippen molar-refractivity contribution in [3.8, 4) is 0 Å². The molecule has 0 saturated heterocycles. The van der Waals surface area contributed by atoms with Crippen molar-refractivity contribution in [2.24, 2.45) is 0 Å². The molecular weight excluding hydrogens is 266 g/mol. The van der Waals surface area contributed by atoms with Gasteiger partial charge < -0.3 is 10.1 Å². The molecule has 0 aromatic heterocycles. The number of carbonyl (C=O) groups excluding carboxylic acids is 2. The van der Waals surface area contributed by atoms with Crippen LogP contribution in [0.2, 0.25) is 0 Å². The summed E-state index contributed by atoms with van der Waals surface area (Å²) >= 11 is 0. The number of cyclic esters (lactones) is 1. The Morgan fingerprint density at radius 2 is 1.81 bits per heavy atom. The van der Waals surface area contributed by atoms with Crippen molar-refractivity contribution in [2.75, 3.05) is 6.61 Å².